The van der Waals surface area contributed by atoms with Crippen LogP contribution in [0.5, 0.6) is 0 Å². The van der Waals surface area contributed by atoms with Crippen LogP contribution in [-0.2, 0) is 11.3 Å². The van der Waals surface area contributed by atoms with Crippen molar-refractivity contribution in [1.29, 1.82) is 0 Å². The quantitative estimate of drug-likeness (QED) is 0.788. The Morgan fingerprint density at radius 1 is 1.08 bits per heavy atom. The first kappa shape index (κ1) is 17.8. The molecule has 7 nitrogen and oxygen atoms in total. The van der Waals surface area contributed by atoms with Crippen LogP contribution in [0.25, 0.3) is 0 Å². The SMILES string of the molecule is O=C(CCNC(=O)c1ccc(N2CCCC2)nc1)NCc1cccnc1. The Bertz CT molecular complexity index is 727. The molecule has 26 heavy (non-hydrogen) atoms. The molecule has 0 aromatic carbocycles. The second-order valence-corrected chi connectivity index (χ2v) is 6.24. The fraction of sp³-hybridized carbons (Fsp3) is 0.368. The molecule has 0 aliphatic carbocycles. The van der Waals surface area contributed by atoms with Gasteiger partial charge in [-0.15, -0.1) is 0 Å². The minimum atomic E-state index is -0.217. The Morgan fingerprint density at radius 2 is 1.92 bits per heavy atom. The highest BCUT2D eigenvalue weighted by Crippen LogP contribution is 2.17. The van der Waals surface area contributed by atoms with E-state index in [-0.39, 0.29) is 24.8 Å². The number of anilines is 1. The normalized spacial score (nSPS) is 13.5. The topological polar surface area (TPSA) is 87.2 Å². The second-order valence-electron chi connectivity index (χ2n) is 6.24. The van der Waals surface area contributed by atoms with Gasteiger partial charge in [-0.1, -0.05) is 6.07 Å². The van der Waals surface area contributed by atoms with Crippen molar-refractivity contribution in [3.63, 3.8) is 0 Å². The monoisotopic (exact) mass is 353 g/mol. The predicted octanol–water partition coefficient (Wildman–Crippen LogP) is 1.51. The third kappa shape index (κ3) is 5.02. The van der Waals surface area contributed by atoms with Gasteiger partial charge in [0.25, 0.3) is 5.91 Å². The molecule has 2 N–H and O–H groups in total. The first-order valence-corrected chi connectivity index (χ1v) is 8.87. The van der Waals surface area contributed by atoms with E-state index in [1.54, 1.807) is 24.7 Å². The van der Waals surface area contributed by atoms with Gasteiger partial charge in [0, 0.05) is 51.2 Å². The Morgan fingerprint density at radius 3 is 2.62 bits per heavy atom. The van der Waals surface area contributed by atoms with Gasteiger partial charge in [0.05, 0.1) is 5.56 Å². The van der Waals surface area contributed by atoms with Crippen LogP contribution in [0.15, 0.2) is 42.9 Å². The maximum absolute atomic E-state index is 12.1. The summed E-state index contributed by atoms with van der Waals surface area (Å²) in [5, 5.41) is 5.55. The number of nitrogens with one attached hydrogen (secondary N) is 2. The van der Waals surface area contributed by atoms with Crippen LogP contribution in [0, 0.1) is 0 Å². The van der Waals surface area contributed by atoms with E-state index in [2.05, 4.69) is 25.5 Å². The van der Waals surface area contributed by atoms with Crippen LogP contribution in [0.3, 0.4) is 0 Å². The number of aromatic nitrogens is 2. The fourth-order valence-corrected chi connectivity index (χ4v) is 2.84. The zero-order valence-electron chi connectivity index (χ0n) is 14.6. The average Bonchev–Trinajstić information content (AvgIpc) is 3.22. The number of hydrogen-bond acceptors (Lipinski definition) is 5. The molecule has 0 unspecified atom stereocenters. The number of carbonyl (C=O) groups excluding carboxylic acids is 2. The molecule has 3 heterocycles. The zero-order chi connectivity index (χ0) is 18.2. The molecule has 2 aromatic rings. The maximum Gasteiger partial charge on any atom is 0.252 e. The van der Waals surface area contributed by atoms with Crippen molar-refractivity contribution in [3.8, 4) is 0 Å². The molecule has 1 aliphatic heterocycles. The van der Waals surface area contributed by atoms with Gasteiger partial charge in [-0.3, -0.25) is 14.6 Å². The average molecular weight is 353 g/mol. The standard InChI is InChI=1S/C19H23N5O2/c25-18(23-13-15-4-3-8-20-12-15)7-9-21-19(26)16-5-6-17(22-14-16)24-10-1-2-11-24/h3-6,8,12,14H,1-2,7,9-11,13H2,(H,21,26)(H,23,25). The van der Waals surface area contributed by atoms with Crippen LogP contribution in [0.2, 0.25) is 0 Å². The van der Waals surface area contributed by atoms with Crippen LogP contribution in [0.1, 0.15) is 35.2 Å². The largest absolute Gasteiger partial charge is 0.357 e. The Kier molecular flexibility index (Phi) is 6.14. The van der Waals surface area contributed by atoms with Crippen molar-refractivity contribution in [2.24, 2.45) is 0 Å². The molecule has 0 spiro atoms. The predicted molar refractivity (Wildman–Crippen MR) is 98.7 cm³/mol. The number of hydrogen-bond donors (Lipinski definition) is 2. The van der Waals surface area contributed by atoms with Crippen LogP contribution < -0.4 is 15.5 Å². The number of amides is 2. The molecular formula is C19H23N5O2. The molecule has 1 saturated heterocycles. The van der Waals surface area contributed by atoms with Gasteiger partial charge in [-0.05, 0) is 36.6 Å². The number of pyridine rings is 2. The summed E-state index contributed by atoms with van der Waals surface area (Å²) in [6.07, 6.45) is 7.59. The van der Waals surface area contributed by atoms with Crippen LogP contribution >= 0.6 is 0 Å². The molecule has 0 saturated carbocycles. The van der Waals surface area contributed by atoms with Gasteiger partial charge in [0.15, 0.2) is 0 Å². The maximum atomic E-state index is 12.1. The van der Waals surface area contributed by atoms with E-state index < -0.39 is 0 Å². The minimum absolute atomic E-state index is 0.114. The lowest BCUT2D eigenvalue weighted by Crippen LogP contribution is -2.30. The van der Waals surface area contributed by atoms with Crippen molar-refractivity contribution in [3.05, 3.63) is 54.0 Å². The van der Waals surface area contributed by atoms with Crippen molar-refractivity contribution in [2.45, 2.75) is 25.8 Å². The van der Waals surface area contributed by atoms with E-state index in [1.165, 1.54) is 12.8 Å². The summed E-state index contributed by atoms with van der Waals surface area (Å²) >= 11 is 0. The van der Waals surface area contributed by atoms with E-state index in [9.17, 15) is 9.59 Å². The minimum Gasteiger partial charge on any atom is -0.357 e. The Balaban J connectivity index is 1.38. The highest BCUT2D eigenvalue weighted by molar-refractivity contribution is 5.94. The van der Waals surface area contributed by atoms with Gasteiger partial charge >= 0.3 is 0 Å². The van der Waals surface area contributed by atoms with Gasteiger partial charge < -0.3 is 15.5 Å². The lowest BCUT2D eigenvalue weighted by Gasteiger charge is -2.16. The number of nitrogens with zero attached hydrogens (tertiary/aromatic N) is 3. The zero-order valence-corrected chi connectivity index (χ0v) is 14.6. The summed E-state index contributed by atoms with van der Waals surface area (Å²) in [4.78, 5) is 34.5. The highest BCUT2D eigenvalue weighted by atomic mass is 16.2. The Labute approximate surface area is 152 Å². The van der Waals surface area contributed by atoms with Crippen molar-refractivity contribution in [2.75, 3.05) is 24.5 Å². The van der Waals surface area contributed by atoms with E-state index in [0.29, 0.717) is 12.1 Å². The molecule has 3 rings (SSSR count). The van der Waals surface area contributed by atoms with Crippen LogP contribution in [-0.4, -0.2) is 41.4 Å². The molecule has 136 valence electrons. The van der Waals surface area contributed by atoms with Gasteiger partial charge in [-0.2, -0.15) is 0 Å². The molecular weight excluding hydrogens is 330 g/mol. The molecule has 7 heteroatoms. The van der Waals surface area contributed by atoms with Crippen molar-refractivity contribution >= 4 is 17.6 Å². The number of carbonyl (C=O) groups is 2. The van der Waals surface area contributed by atoms with E-state index in [1.807, 2.05) is 18.2 Å². The lowest BCUT2D eigenvalue weighted by atomic mass is 10.2. The van der Waals surface area contributed by atoms with Crippen molar-refractivity contribution < 1.29 is 9.59 Å². The molecule has 2 aromatic heterocycles. The summed E-state index contributed by atoms with van der Waals surface area (Å²) in [6.45, 7) is 2.76. The summed E-state index contributed by atoms with van der Waals surface area (Å²) in [5.41, 5.74) is 1.44. The fourth-order valence-electron chi connectivity index (χ4n) is 2.84. The molecule has 2 amide bonds. The molecule has 0 atom stereocenters. The van der Waals surface area contributed by atoms with E-state index >= 15 is 0 Å². The summed E-state index contributed by atoms with van der Waals surface area (Å²) < 4.78 is 0. The van der Waals surface area contributed by atoms with E-state index in [4.69, 9.17) is 0 Å². The summed E-state index contributed by atoms with van der Waals surface area (Å²) in [5.74, 6) is 0.580. The third-order valence-electron chi connectivity index (χ3n) is 4.29. The molecule has 1 fully saturated rings. The van der Waals surface area contributed by atoms with Gasteiger partial charge in [0.1, 0.15) is 5.82 Å². The van der Waals surface area contributed by atoms with Gasteiger partial charge in [-0.25, -0.2) is 4.98 Å². The molecule has 0 radical (unpaired) electrons. The van der Waals surface area contributed by atoms with Crippen molar-refractivity contribution in [1.82, 2.24) is 20.6 Å². The van der Waals surface area contributed by atoms with E-state index in [0.717, 1.165) is 24.5 Å². The summed E-state index contributed by atoms with van der Waals surface area (Å²) in [6, 6.07) is 7.37. The second kappa shape index (κ2) is 8.94. The van der Waals surface area contributed by atoms with Crippen LogP contribution in [0.4, 0.5) is 5.82 Å². The van der Waals surface area contributed by atoms with Gasteiger partial charge in [0.2, 0.25) is 5.91 Å². The lowest BCUT2D eigenvalue weighted by molar-refractivity contribution is -0.121. The first-order valence-electron chi connectivity index (χ1n) is 8.87. The number of rotatable bonds is 7. The Hall–Kier alpha value is -2.96. The third-order valence-corrected chi connectivity index (χ3v) is 4.29. The smallest absolute Gasteiger partial charge is 0.252 e. The highest BCUT2D eigenvalue weighted by Gasteiger charge is 2.14. The summed E-state index contributed by atoms with van der Waals surface area (Å²) in [7, 11) is 0. The molecule has 0 bridgehead atoms. The molecule has 1 aliphatic rings. The first-order chi connectivity index (χ1) is 12.7.